The Morgan fingerprint density at radius 3 is 1.22 bits per heavy atom. The van der Waals surface area contributed by atoms with E-state index in [1.54, 1.807) is 6.08 Å². The summed E-state index contributed by atoms with van der Waals surface area (Å²) in [6.07, 6.45) is 69.6. The molecule has 0 radical (unpaired) electrons. The molecule has 0 aliphatic carbocycles. The van der Waals surface area contributed by atoms with Crippen LogP contribution in [0.2, 0.25) is 0 Å². The van der Waals surface area contributed by atoms with E-state index < -0.39 is 86.8 Å². The minimum Gasteiger partial charge on any atom is -0.394 e. The number of hydrogen-bond acceptors (Lipinski definition) is 13. The largest absolute Gasteiger partial charge is 0.394 e. The van der Waals surface area contributed by atoms with Crippen molar-refractivity contribution in [3.63, 3.8) is 0 Å². The zero-order valence-corrected chi connectivity index (χ0v) is 56.1. The van der Waals surface area contributed by atoms with Crippen LogP contribution in [0.25, 0.3) is 0 Å². The Bertz CT molecular complexity index is 1980. The molecule has 0 spiro atoms. The van der Waals surface area contributed by atoms with Crippen molar-refractivity contribution in [2.24, 2.45) is 0 Å². The number of hydrogen-bond donors (Lipinski definition) is 9. The summed E-state index contributed by atoms with van der Waals surface area (Å²) >= 11 is 0. The Morgan fingerprint density at radius 1 is 0.411 bits per heavy atom. The second-order valence-corrected chi connectivity index (χ2v) is 24.6. The average molecular weight is 1260 g/mol. The van der Waals surface area contributed by atoms with Gasteiger partial charge in [-0.05, 0) is 103 Å². The molecule has 90 heavy (non-hydrogen) atoms. The van der Waals surface area contributed by atoms with Crippen LogP contribution >= 0.6 is 0 Å². The molecule has 516 valence electrons. The molecule has 9 N–H and O–H groups in total. The number of rotatable bonds is 57. The summed E-state index contributed by atoms with van der Waals surface area (Å²) in [5.74, 6) is -0.260. The van der Waals surface area contributed by atoms with Crippen LogP contribution in [0.1, 0.15) is 258 Å². The molecule has 0 bridgehead atoms. The van der Waals surface area contributed by atoms with E-state index in [1.807, 2.05) is 6.08 Å². The number of amides is 1. The first kappa shape index (κ1) is 82.5. The predicted molar refractivity (Wildman–Crippen MR) is 368 cm³/mol. The van der Waals surface area contributed by atoms with Gasteiger partial charge in [-0.3, -0.25) is 4.79 Å². The Morgan fingerprint density at radius 2 is 0.778 bits per heavy atom. The summed E-state index contributed by atoms with van der Waals surface area (Å²) in [6.45, 7) is 2.67. The molecule has 2 heterocycles. The molecule has 12 unspecified atom stereocenters. The van der Waals surface area contributed by atoms with Gasteiger partial charge in [0.05, 0.1) is 32.0 Å². The molecule has 0 saturated carbocycles. The van der Waals surface area contributed by atoms with Gasteiger partial charge in [-0.25, -0.2) is 0 Å². The Labute approximate surface area is 546 Å². The molecular weight excluding hydrogens is 1130 g/mol. The third kappa shape index (κ3) is 42.6. The number of ether oxygens (including phenoxy) is 4. The number of carbonyl (C=O) groups is 1. The lowest BCUT2D eigenvalue weighted by atomic mass is 9.97. The van der Waals surface area contributed by atoms with Crippen LogP contribution in [0.5, 0.6) is 0 Å². The first-order valence-corrected chi connectivity index (χ1v) is 35.8. The van der Waals surface area contributed by atoms with Gasteiger partial charge in [0.2, 0.25) is 5.91 Å². The number of aliphatic hydroxyl groups excluding tert-OH is 8. The molecule has 14 nitrogen and oxygen atoms in total. The van der Waals surface area contributed by atoms with E-state index >= 15 is 0 Å². The highest BCUT2D eigenvalue weighted by atomic mass is 16.7. The van der Waals surface area contributed by atoms with E-state index in [4.69, 9.17) is 18.9 Å². The van der Waals surface area contributed by atoms with Gasteiger partial charge in [0.1, 0.15) is 48.8 Å². The number of carbonyl (C=O) groups excluding carboxylic acids is 1. The highest BCUT2D eigenvalue weighted by Gasteiger charge is 2.51. The van der Waals surface area contributed by atoms with Crippen molar-refractivity contribution in [2.75, 3.05) is 19.8 Å². The monoisotopic (exact) mass is 1260 g/mol. The quantitative estimate of drug-likeness (QED) is 0.0204. The maximum Gasteiger partial charge on any atom is 0.220 e. The summed E-state index contributed by atoms with van der Waals surface area (Å²) in [5, 5.41) is 87.4. The zero-order chi connectivity index (χ0) is 65.2. The predicted octanol–water partition coefficient (Wildman–Crippen LogP) is 14.9. The van der Waals surface area contributed by atoms with Gasteiger partial charge in [0.25, 0.3) is 0 Å². The number of unbranched alkanes of at least 4 members (excludes halogenated alkanes) is 26. The van der Waals surface area contributed by atoms with Gasteiger partial charge in [-0.1, -0.05) is 270 Å². The third-order valence-electron chi connectivity index (χ3n) is 16.6. The Kier molecular flexibility index (Phi) is 54.2. The van der Waals surface area contributed by atoms with E-state index in [1.165, 1.54) is 128 Å². The summed E-state index contributed by atoms with van der Waals surface area (Å²) in [4.78, 5) is 13.3. The van der Waals surface area contributed by atoms with E-state index in [0.717, 1.165) is 96.3 Å². The normalized spacial score (nSPS) is 23.7. The van der Waals surface area contributed by atoms with Gasteiger partial charge in [-0.15, -0.1) is 0 Å². The van der Waals surface area contributed by atoms with Crippen molar-refractivity contribution in [2.45, 2.75) is 331 Å². The van der Waals surface area contributed by atoms with E-state index in [2.05, 4.69) is 129 Å². The highest BCUT2D eigenvalue weighted by molar-refractivity contribution is 5.76. The van der Waals surface area contributed by atoms with Crippen molar-refractivity contribution < 1.29 is 64.6 Å². The van der Waals surface area contributed by atoms with Crippen LogP contribution in [0, 0.1) is 0 Å². The van der Waals surface area contributed by atoms with Gasteiger partial charge in [-0.2, -0.15) is 0 Å². The van der Waals surface area contributed by atoms with Gasteiger partial charge in [0.15, 0.2) is 12.6 Å². The van der Waals surface area contributed by atoms with Crippen molar-refractivity contribution in [3.8, 4) is 0 Å². The lowest BCUT2D eigenvalue weighted by Crippen LogP contribution is -2.65. The molecule has 0 aromatic carbocycles. The molecule has 2 aliphatic heterocycles. The molecule has 2 fully saturated rings. The lowest BCUT2D eigenvalue weighted by Gasteiger charge is -2.46. The summed E-state index contributed by atoms with van der Waals surface area (Å²) in [7, 11) is 0. The molecule has 2 saturated heterocycles. The molecule has 12 atom stereocenters. The molecule has 14 heteroatoms. The van der Waals surface area contributed by atoms with Crippen molar-refractivity contribution >= 4 is 5.91 Å². The number of aliphatic hydroxyl groups is 8. The van der Waals surface area contributed by atoms with Crippen LogP contribution in [-0.4, -0.2) is 140 Å². The van der Waals surface area contributed by atoms with Gasteiger partial charge >= 0.3 is 0 Å². The lowest BCUT2D eigenvalue weighted by molar-refractivity contribution is -0.359. The average Bonchev–Trinajstić information content (AvgIpc) is 1.41. The third-order valence-corrected chi connectivity index (χ3v) is 16.6. The minimum atomic E-state index is -1.80. The topological polar surface area (TPSA) is 228 Å². The van der Waals surface area contributed by atoms with Crippen molar-refractivity contribution in [1.82, 2.24) is 5.32 Å². The van der Waals surface area contributed by atoms with Crippen LogP contribution in [0.3, 0.4) is 0 Å². The Hall–Kier alpha value is -3.61. The fourth-order valence-corrected chi connectivity index (χ4v) is 11.0. The fourth-order valence-electron chi connectivity index (χ4n) is 11.0. The van der Waals surface area contributed by atoms with Crippen LogP contribution in [0.4, 0.5) is 0 Å². The maximum absolute atomic E-state index is 13.3. The number of nitrogens with one attached hydrogen (secondary N) is 1. The molecule has 0 aromatic rings. The van der Waals surface area contributed by atoms with E-state index in [-0.39, 0.29) is 18.9 Å². The van der Waals surface area contributed by atoms with Crippen LogP contribution in [-0.2, 0) is 23.7 Å². The molecular formula is C76H129NO13. The molecule has 2 rings (SSSR count). The van der Waals surface area contributed by atoms with Crippen molar-refractivity contribution in [3.05, 3.63) is 122 Å². The molecule has 2 aliphatic rings. The van der Waals surface area contributed by atoms with Gasteiger partial charge in [0, 0.05) is 6.42 Å². The molecule has 1 amide bonds. The minimum absolute atomic E-state index is 0.259. The highest BCUT2D eigenvalue weighted by Crippen LogP contribution is 2.30. The summed E-state index contributed by atoms with van der Waals surface area (Å²) in [6, 6.07) is -0.949. The smallest absolute Gasteiger partial charge is 0.220 e. The SMILES string of the molecule is CC/C=C\C/C=C\C/C=C\C/C=C\C/C=C\C/C=C\C/C=C\CCCCCCCCCCCCCC(=O)NC(COC1OC(CO)C(OC2OC(CO)C(O)C(O)C2O)C(O)C1O)C(O)/C=C/CC/C=C/CC/C=C/CCCCCCCCCCCCCCC. The first-order chi connectivity index (χ1) is 44.1. The molecule has 0 aromatic heterocycles. The zero-order valence-electron chi connectivity index (χ0n) is 56.1. The Balaban J connectivity index is 1.69. The van der Waals surface area contributed by atoms with Crippen molar-refractivity contribution in [1.29, 1.82) is 0 Å². The van der Waals surface area contributed by atoms with Crippen LogP contribution < -0.4 is 5.32 Å². The van der Waals surface area contributed by atoms with Gasteiger partial charge < -0.3 is 65.1 Å². The van der Waals surface area contributed by atoms with Crippen LogP contribution in [0.15, 0.2) is 122 Å². The standard InChI is InChI=1S/C76H129NO13/c1-3-5-7-9-11-13-15-17-19-21-23-25-27-28-29-30-31-32-33-34-35-36-38-40-42-44-46-48-50-52-54-56-58-60-68(81)77-64(63-87-75-73(86)71(84)74(67(62-79)89-75)90-76-72(85)70(83)69(82)66(61-78)88-76)65(80)59-57-55-53-51-49-47-45-43-41-39-37-26-24-22-20-18-16-14-12-10-8-6-4-2/h5,7,11,13,17,19,23,25,28-29,31-32,34-35,41,43,49,51,57,59,64-67,69-76,78-80,82-86H,3-4,6,8-10,12,14-16,18,20-22,24,26-27,30,33,36-40,42,44-48,50,52-56,58,60-63H2,1-2H3,(H,77,81)/b7-5-,13-11-,19-17-,25-23-,29-28-,32-31-,35-34-,43-41+,51-49+,59-57+. The fraction of sp³-hybridized carbons (Fsp3) is 0.724. The maximum atomic E-state index is 13.3. The number of allylic oxidation sites excluding steroid dienone is 19. The second-order valence-electron chi connectivity index (χ2n) is 24.6. The summed E-state index contributed by atoms with van der Waals surface area (Å²) in [5.41, 5.74) is 0. The van der Waals surface area contributed by atoms with E-state index in [0.29, 0.717) is 12.8 Å². The summed E-state index contributed by atoms with van der Waals surface area (Å²) < 4.78 is 22.8. The second kappa shape index (κ2) is 59.2. The first-order valence-electron chi connectivity index (χ1n) is 35.8. The van der Waals surface area contributed by atoms with E-state index in [9.17, 15) is 45.6 Å².